The van der Waals surface area contributed by atoms with Gasteiger partial charge in [-0.15, -0.1) is 0 Å². The molecule has 2 N–H and O–H groups in total. The maximum Gasteiger partial charge on any atom is 0.407 e. The van der Waals surface area contributed by atoms with Gasteiger partial charge in [-0.2, -0.15) is 0 Å². The summed E-state index contributed by atoms with van der Waals surface area (Å²) in [6.07, 6.45) is 17.4. The number of benzene rings is 2. The first-order valence-electron chi connectivity index (χ1n) is 21.7. The number of ether oxygens (including phenoxy) is 1. The topological polar surface area (TPSA) is 78.9 Å². The Morgan fingerprint density at radius 2 is 1.63 bits per heavy atom. The lowest BCUT2D eigenvalue weighted by Gasteiger charge is -2.58. The number of amides is 2. The van der Waals surface area contributed by atoms with Gasteiger partial charge in [-0.3, -0.25) is 4.79 Å². The third kappa shape index (κ3) is 7.80. The normalized spacial score (nSPS) is 30.4. The van der Waals surface area contributed by atoms with Gasteiger partial charge in [0.2, 0.25) is 5.91 Å². The van der Waals surface area contributed by atoms with E-state index in [0.29, 0.717) is 30.5 Å². The number of allylic oxidation sites excluding steroid dienone is 1. The van der Waals surface area contributed by atoms with Gasteiger partial charge in [0.05, 0.1) is 6.10 Å². The van der Waals surface area contributed by atoms with E-state index >= 15 is 0 Å². The molecule has 0 heterocycles. The zero-order valence-corrected chi connectivity index (χ0v) is 34.0. The van der Waals surface area contributed by atoms with E-state index in [4.69, 9.17) is 4.74 Å². The molecule has 0 bridgehead atoms. The van der Waals surface area contributed by atoms with Crippen molar-refractivity contribution in [1.29, 1.82) is 0 Å². The summed E-state index contributed by atoms with van der Waals surface area (Å²) in [6, 6.07) is 16.5. The van der Waals surface area contributed by atoms with Crippen LogP contribution in [0.25, 0.3) is 11.1 Å². The number of hydrogen-bond donors (Lipinski definition) is 2. The summed E-state index contributed by atoms with van der Waals surface area (Å²) < 4.78 is 6.45. The molecule has 0 radical (unpaired) electrons. The van der Waals surface area contributed by atoms with Crippen LogP contribution >= 0.6 is 0 Å². The van der Waals surface area contributed by atoms with Gasteiger partial charge < -0.3 is 20.1 Å². The summed E-state index contributed by atoms with van der Waals surface area (Å²) in [6.45, 7) is 14.3. The lowest BCUT2D eigenvalue weighted by molar-refractivity contribution is -0.121. The average Bonchev–Trinajstić information content (AvgIpc) is 3.67. The fourth-order valence-corrected chi connectivity index (χ4v) is 12.6. The van der Waals surface area contributed by atoms with Crippen LogP contribution in [-0.4, -0.2) is 54.4 Å². The fraction of sp³-hybridized carbons (Fsp3) is 0.667. The molecule has 2 amide bonds. The molecular formula is C48H68N2O4. The van der Waals surface area contributed by atoms with Crippen LogP contribution in [-0.2, 0) is 9.53 Å². The Morgan fingerprint density at radius 1 is 0.907 bits per heavy atom. The van der Waals surface area contributed by atoms with Crippen molar-refractivity contribution >= 4 is 12.0 Å². The highest BCUT2D eigenvalue weighted by Crippen LogP contribution is 2.67. The molecule has 2 aromatic carbocycles. The Morgan fingerprint density at radius 3 is 2.33 bits per heavy atom. The van der Waals surface area contributed by atoms with Gasteiger partial charge in [-0.25, -0.2) is 4.79 Å². The molecule has 1 unspecified atom stereocenters. The Labute approximate surface area is 325 Å². The fourth-order valence-electron chi connectivity index (χ4n) is 12.6. The van der Waals surface area contributed by atoms with Crippen molar-refractivity contribution in [1.82, 2.24) is 10.2 Å². The maximum absolute atomic E-state index is 12.8. The van der Waals surface area contributed by atoms with E-state index in [9.17, 15) is 14.7 Å². The summed E-state index contributed by atoms with van der Waals surface area (Å²) in [5, 5.41) is 13.1. The lowest BCUT2D eigenvalue weighted by atomic mass is 9.47. The van der Waals surface area contributed by atoms with Crippen molar-refractivity contribution in [3.8, 4) is 11.1 Å². The number of nitrogens with zero attached hydrogens (tertiary/aromatic N) is 1. The first-order valence-corrected chi connectivity index (χ1v) is 21.7. The summed E-state index contributed by atoms with van der Waals surface area (Å²) in [7, 11) is 0. The van der Waals surface area contributed by atoms with Crippen molar-refractivity contribution in [3.63, 3.8) is 0 Å². The van der Waals surface area contributed by atoms with Gasteiger partial charge in [0, 0.05) is 38.6 Å². The number of carboxylic acid groups (broad SMARTS) is 1. The SMILES string of the molecule is CC(C)CCC[C@@H](C)[C@H]1CC[C@H]2[C@@H]3CC=C4CC(OCCCNC(=O)CCN(CC5c6ccccc6-c6ccccc65)C(=O)O)CC[C@]4(C)[C@H]3CC[C@]12C. The third-order valence-electron chi connectivity index (χ3n) is 15.5. The van der Waals surface area contributed by atoms with Gasteiger partial charge in [0.1, 0.15) is 0 Å². The Bertz CT molecular complexity index is 1620. The molecule has 0 aromatic heterocycles. The second-order valence-electron chi connectivity index (χ2n) is 18.9. The van der Waals surface area contributed by atoms with Crippen molar-refractivity contribution in [2.45, 2.75) is 130 Å². The van der Waals surface area contributed by atoms with Gasteiger partial charge >= 0.3 is 6.09 Å². The molecular weight excluding hydrogens is 669 g/mol. The van der Waals surface area contributed by atoms with Gasteiger partial charge in [-0.1, -0.05) is 114 Å². The molecule has 7 rings (SSSR count). The molecule has 294 valence electrons. The first kappa shape index (κ1) is 39.1. The van der Waals surface area contributed by atoms with Crippen molar-refractivity contribution in [2.24, 2.45) is 46.3 Å². The predicted molar refractivity (Wildman–Crippen MR) is 218 cm³/mol. The molecule has 6 heteroatoms. The zero-order valence-electron chi connectivity index (χ0n) is 34.0. The molecule has 3 saturated carbocycles. The summed E-state index contributed by atoms with van der Waals surface area (Å²) in [5.74, 6) is 5.00. The smallest absolute Gasteiger partial charge is 0.407 e. The second-order valence-corrected chi connectivity index (χ2v) is 18.9. The van der Waals surface area contributed by atoms with E-state index in [1.54, 1.807) is 5.57 Å². The highest BCUT2D eigenvalue weighted by molar-refractivity contribution is 5.79. The summed E-state index contributed by atoms with van der Waals surface area (Å²) in [5.41, 5.74) is 7.16. The Kier molecular flexibility index (Phi) is 12.0. The standard InChI is InChI=1S/C48H68N2O4/c1-32(2)12-10-13-33(3)42-20-21-43-40-19-18-34-30-35(22-25-47(34,4)44(40)23-26-48(42,43)5)54-29-11-27-49-45(51)24-28-50(46(52)53)31-41-38-16-8-6-14-36(38)37-15-7-9-17-39(37)41/h6-9,14-18,32-33,35,40-44H,10-13,19-31H2,1-5H3,(H,49,51)(H,52,53)/t33-,35?,40+,42-,43+,44+,47+,48-/m1/s1. The summed E-state index contributed by atoms with van der Waals surface area (Å²) in [4.78, 5) is 26.5. The van der Waals surface area contributed by atoms with E-state index in [0.717, 1.165) is 65.9 Å². The minimum atomic E-state index is -0.989. The highest BCUT2D eigenvalue weighted by Gasteiger charge is 2.59. The van der Waals surface area contributed by atoms with Crippen LogP contribution in [0.15, 0.2) is 60.2 Å². The molecule has 54 heavy (non-hydrogen) atoms. The van der Waals surface area contributed by atoms with Crippen LogP contribution in [0.5, 0.6) is 0 Å². The molecule has 3 fully saturated rings. The molecule has 0 saturated heterocycles. The van der Waals surface area contributed by atoms with E-state index < -0.39 is 6.09 Å². The Hall–Kier alpha value is -3.12. The van der Waals surface area contributed by atoms with Gasteiger partial charge in [-0.05, 0) is 126 Å². The van der Waals surface area contributed by atoms with Crippen molar-refractivity contribution in [3.05, 3.63) is 71.3 Å². The van der Waals surface area contributed by atoms with E-state index in [2.05, 4.69) is 70.3 Å². The molecule has 2 aromatic rings. The lowest BCUT2D eigenvalue weighted by Crippen LogP contribution is -2.51. The molecule has 5 aliphatic carbocycles. The number of rotatable bonds is 15. The van der Waals surface area contributed by atoms with Crippen LogP contribution in [0.4, 0.5) is 4.79 Å². The van der Waals surface area contributed by atoms with Crippen LogP contribution in [0.1, 0.15) is 135 Å². The highest BCUT2D eigenvalue weighted by atomic mass is 16.5. The maximum atomic E-state index is 12.8. The van der Waals surface area contributed by atoms with E-state index in [1.807, 2.05) is 24.3 Å². The minimum absolute atomic E-state index is 0.0336. The third-order valence-corrected chi connectivity index (χ3v) is 15.5. The monoisotopic (exact) mass is 737 g/mol. The van der Waals surface area contributed by atoms with Crippen molar-refractivity contribution in [2.75, 3.05) is 26.2 Å². The quantitative estimate of drug-likeness (QED) is 0.141. The molecule has 6 nitrogen and oxygen atoms in total. The van der Waals surface area contributed by atoms with Crippen LogP contribution < -0.4 is 5.32 Å². The second kappa shape index (κ2) is 16.5. The van der Waals surface area contributed by atoms with E-state index in [1.165, 1.54) is 73.8 Å². The first-order chi connectivity index (χ1) is 26.0. The van der Waals surface area contributed by atoms with Gasteiger partial charge in [0.15, 0.2) is 0 Å². The van der Waals surface area contributed by atoms with E-state index in [-0.39, 0.29) is 30.9 Å². The largest absolute Gasteiger partial charge is 0.465 e. The zero-order chi connectivity index (χ0) is 38.0. The number of carbonyl (C=O) groups is 2. The van der Waals surface area contributed by atoms with Crippen molar-refractivity contribution < 1.29 is 19.4 Å². The summed E-state index contributed by atoms with van der Waals surface area (Å²) >= 11 is 0. The number of nitrogens with one attached hydrogen (secondary N) is 1. The Balaban J connectivity index is 0.839. The molecule has 8 atom stereocenters. The number of fused-ring (bicyclic) bond motifs is 8. The van der Waals surface area contributed by atoms with Crippen LogP contribution in [0.2, 0.25) is 0 Å². The van der Waals surface area contributed by atoms with Crippen LogP contribution in [0, 0.1) is 46.3 Å². The number of carbonyl (C=O) groups excluding carboxylic acids is 1. The predicted octanol–water partition coefficient (Wildman–Crippen LogP) is 11.1. The molecule has 5 aliphatic rings. The minimum Gasteiger partial charge on any atom is -0.465 e. The number of hydrogen-bond acceptors (Lipinski definition) is 3. The average molecular weight is 737 g/mol. The van der Waals surface area contributed by atoms with Crippen LogP contribution in [0.3, 0.4) is 0 Å². The molecule has 0 aliphatic heterocycles. The van der Waals surface area contributed by atoms with Gasteiger partial charge in [0.25, 0.3) is 0 Å². The molecule has 0 spiro atoms.